The smallest absolute Gasteiger partial charge is 0.335 e. The van der Waals surface area contributed by atoms with Crippen molar-refractivity contribution in [3.8, 4) is 0 Å². The molecule has 1 aromatic rings. The van der Waals surface area contributed by atoms with Crippen LogP contribution >= 0.6 is 0 Å². The van der Waals surface area contributed by atoms with Gasteiger partial charge in [0.1, 0.15) is 0 Å². The number of hydrogen-bond donors (Lipinski definition) is 1. The highest BCUT2D eigenvalue weighted by Gasteiger charge is 2.43. The van der Waals surface area contributed by atoms with Crippen LogP contribution < -0.4 is 0 Å². The molecule has 1 aromatic heterocycles. The van der Waals surface area contributed by atoms with Gasteiger partial charge in [-0.1, -0.05) is 13.0 Å². The molecule has 1 heterocycles. The Labute approximate surface area is 106 Å². The lowest BCUT2D eigenvalue weighted by Gasteiger charge is -2.36. The predicted octanol–water partition coefficient (Wildman–Crippen LogP) is 1.64. The van der Waals surface area contributed by atoms with Crippen LogP contribution in [0.2, 0.25) is 0 Å². The van der Waals surface area contributed by atoms with E-state index in [4.69, 9.17) is 0 Å². The summed E-state index contributed by atoms with van der Waals surface area (Å²) in [6, 6.07) is 5.05. The van der Waals surface area contributed by atoms with Crippen molar-refractivity contribution < 1.29 is 14.7 Å². The second-order valence-corrected chi connectivity index (χ2v) is 4.26. The summed E-state index contributed by atoms with van der Waals surface area (Å²) < 4.78 is 0. The van der Waals surface area contributed by atoms with Gasteiger partial charge in [0.25, 0.3) is 0 Å². The zero-order valence-corrected chi connectivity index (χ0v) is 10.9. The summed E-state index contributed by atoms with van der Waals surface area (Å²) in [4.78, 5) is 28.7. The highest BCUT2D eigenvalue weighted by molar-refractivity contribution is 5.86. The average molecular weight is 250 g/mol. The number of carboxylic acids is 1. The third kappa shape index (κ3) is 2.50. The van der Waals surface area contributed by atoms with E-state index in [0.717, 1.165) is 0 Å². The third-order valence-electron chi connectivity index (χ3n) is 2.95. The van der Waals surface area contributed by atoms with Crippen LogP contribution in [0.15, 0.2) is 24.4 Å². The minimum absolute atomic E-state index is 0.271. The molecule has 0 bridgehead atoms. The summed E-state index contributed by atoms with van der Waals surface area (Å²) in [5, 5.41) is 9.50. The van der Waals surface area contributed by atoms with Crippen molar-refractivity contribution in [2.24, 2.45) is 0 Å². The fraction of sp³-hybridized carbons (Fsp3) is 0.462. The lowest BCUT2D eigenvalue weighted by Crippen LogP contribution is -2.52. The lowest BCUT2D eigenvalue weighted by atomic mass is 9.94. The molecular formula is C13H18N2O3. The van der Waals surface area contributed by atoms with Crippen LogP contribution in [-0.2, 0) is 15.1 Å². The number of amides is 1. The molecule has 1 N–H and O–H groups in total. The van der Waals surface area contributed by atoms with Gasteiger partial charge in [-0.25, -0.2) is 4.79 Å². The van der Waals surface area contributed by atoms with Gasteiger partial charge in [-0.2, -0.15) is 0 Å². The van der Waals surface area contributed by atoms with Crippen LogP contribution in [-0.4, -0.2) is 33.4 Å². The SMILES string of the molecule is CCCN(C(C)=O)C(C)(C(=O)O)c1ccccn1. The first-order valence-corrected chi connectivity index (χ1v) is 5.87. The monoisotopic (exact) mass is 250 g/mol. The minimum atomic E-state index is -1.43. The van der Waals surface area contributed by atoms with Crippen molar-refractivity contribution in [1.82, 2.24) is 9.88 Å². The van der Waals surface area contributed by atoms with Crippen molar-refractivity contribution in [2.45, 2.75) is 32.7 Å². The second-order valence-electron chi connectivity index (χ2n) is 4.26. The number of carbonyl (C=O) groups is 2. The zero-order chi connectivity index (χ0) is 13.8. The maximum absolute atomic E-state index is 11.7. The molecule has 5 heteroatoms. The van der Waals surface area contributed by atoms with Gasteiger partial charge in [0, 0.05) is 19.7 Å². The maximum Gasteiger partial charge on any atom is 0.335 e. The molecule has 18 heavy (non-hydrogen) atoms. The van der Waals surface area contributed by atoms with Gasteiger partial charge in [0.15, 0.2) is 5.54 Å². The number of pyridine rings is 1. The number of aromatic nitrogens is 1. The third-order valence-corrected chi connectivity index (χ3v) is 2.95. The van der Waals surface area contributed by atoms with Crippen molar-refractivity contribution in [3.63, 3.8) is 0 Å². The van der Waals surface area contributed by atoms with Crippen molar-refractivity contribution >= 4 is 11.9 Å². The second kappa shape index (κ2) is 5.62. The highest BCUT2D eigenvalue weighted by atomic mass is 16.4. The topological polar surface area (TPSA) is 70.5 Å². The zero-order valence-electron chi connectivity index (χ0n) is 10.9. The number of aliphatic carboxylic acids is 1. The van der Waals surface area contributed by atoms with Crippen molar-refractivity contribution in [2.75, 3.05) is 6.54 Å². The number of carbonyl (C=O) groups excluding carboxylic acids is 1. The molecule has 98 valence electrons. The van der Waals surface area contributed by atoms with Crippen LogP contribution in [0.4, 0.5) is 0 Å². The largest absolute Gasteiger partial charge is 0.479 e. The molecule has 0 aliphatic rings. The van der Waals surface area contributed by atoms with Gasteiger partial charge in [-0.15, -0.1) is 0 Å². The Bertz CT molecular complexity index is 433. The van der Waals surface area contributed by atoms with Crippen molar-refractivity contribution in [3.05, 3.63) is 30.1 Å². The first-order valence-electron chi connectivity index (χ1n) is 5.87. The van der Waals surface area contributed by atoms with E-state index in [-0.39, 0.29) is 5.91 Å². The van der Waals surface area contributed by atoms with Gasteiger partial charge in [0.2, 0.25) is 5.91 Å². The molecule has 0 aromatic carbocycles. The quantitative estimate of drug-likeness (QED) is 0.862. The van der Waals surface area contributed by atoms with E-state index >= 15 is 0 Å². The molecule has 1 atom stereocenters. The number of carboxylic acid groups (broad SMARTS) is 1. The fourth-order valence-electron chi connectivity index (χ4n) is 1.93. The van der Waals surface area contributed by atoms with E-state index in [2.05, 4.69) is 4.98 Å². The van der Waals surface area contributed by atoms with Gasteiger partial charge in [0.05, 0.1) is 5.69 Å². The van der Waals surface area contributed by atoms with Crippen LogP contribution in [0.3, 0.4) is 0 Å². The summed E-state index contributed by atoms with van der Waals surface area (Å²) >= 11 is 0. The molecule has 1 amide bonds. The van der Waals surface area contributed by atoms with E-state index in [9.17, 15) is 14.7 Å². The molecular weight excluding hydrogens is 232 g/mol. The fourth-order valence-corrected chi connectivity index (χ4v) is 1.93. The Kier molecular flexibility index (Phi) is 4.42. The summed E-state index contributed by atoms with van der Waals surface area (Å²) in [6.07, 6.45) is 2.22. The van der Waals surface area contributed by atoms with Gasteiger partial charge >= 0.3 is 5.97 Å². The van der Waals surface area contributed by atoms with Gasteiger partial charge < -0.3 is 10.0 Å². The predicted molar refractivity (Wildman–Crippen MR) is 66.9 cm³/mol. The summed E-state index contributed by atoms with van der Waals surface area (Å²) in [6.45, 7) is 5.17. The lowest BCUT2D eigenvalue weighted by molar-refractivity contribution is -0.158. The normalized spacial score (nSPS) is 13.7. The van der Waals surface area contributed by atoms with Gasteiger partial charge in [-0.3, -0.25) is 9.78 Å². The van der Waals surface area contributed by atoms with Crippen molar-refractivity contribution in [1.29, 1.82) is 0 Å². The van der Waals surface area contributed by atoms with Crippen LogP contribution in [0.25, 0.3) is 0 Å². The molecule has 5 nitrogen and oxygen atoms in total. The molecule has 0 aliphatic carbocycles. The van der Waals surface area contributed by atoms with E-state index < -0.39 is 11.5 Å². The van der Waals surface area contributed by atoms with Crippen LogP contribution in [0.1, 0.15) is 32.9 Å². The molecule has 0 saturated heterocycles. The summed E-state index contributed by atoms with van der Waals surface area (Å²) in [5.74, 6) is -1.35. The average Bonchev–Trinajstić information content (AvgIpc) is 2.35. The molecule has 1 unspecified atom stereocenters. The van der Waals surface area contributed by atoms with Gasteiger partial charge in [-0.05, 0) is 25.5 Å². The number of rotatable bonds is 5. The molecule has 0 aliphatic heterocycles. The van der Waals surface area contributed by atoms with E-state index in [1.54, 1.807) is 18.2 Å². The molecule has 0 spiro atoms. The summed E-state index contributed by atoms with van der Waals surface area (Å²) in [7, 11) is 0. The highest BCUT2D eigenvalue weighted by Crippen LogP contribution is 2.27. The standard InChI is InChI=1S/C13H18N2O3/c1-4-9-15(10(2)16)13(3,12(17)18)11-7-5-6-8-14-11/h5-8H,4,9H2,1-3H3,(H,17,18). The summed E-state index contributed by atoms with van der Waals surface area (Å²) in [5.41, 5.74) is -1.07. The van der Waals surface area contributed by atoms with E-state index in [0.29, 0.717) is 18.7 Å². The number of hydrogen-bond acceptors (Lipinski definition) is 3. The van der Waals surface area contributed by atoms with Crippen LogP contribution in [0.5, 0.6) is 0 Å². The first kappa shape index (κ1) is 14.2. The Balaban J connectivity index is 3.30. The maximum atomic E-state index is 11.7. The first-order chi connectivity index (χ1) is 8.44. The van der Waals surface area contributed by atoms with Crippen LogP contribution in [0, 0.1) is 0 Å². The Morgan fingerprint density at radius 3 is 2.50 bits per heavy atom. The molecule has 0 radical (unpaired) electrons. The minimum Gasteiger partial charge on any atom is -0.479 e. The number of nitrogens with zero attached hydrogens (tertiary/aromatic N) is 2. The molecule has 1 rings (SSSR count). The Morgan fingerprint density at radius 2 is 2.11 bits per heavy atom. The van der Waals surface area contributed by atoms with E-state index in [1.165, 1.54) is 24.9 Å². The molecule has 0 saturated carbocycles. The Morgan fingerprint density at radius 1 is 1.44 bits per heavy atom. The van der Waals surface area contributed by atoms with E-state index in [1.807, 2.05) is 6.92 Å². The molecule has 0 fully saturated rings. The Hall–Kier alpha value is -1.91.